The highest BCUT2D eigenvalue weighted by Crippen LogP contribution is 2.69. The van der Waals surface area contributed by atoms with E-state index in [1.165, 1.54) is 16.7 Å². The van der Waals surface area contributed by atoms with Crippen molar-refractivity contribution in [3.63, 3.8) is 0 Å². The minimum absolute atomic E-state index is 0.0828. The van der Waals surface area contributed by atoms with Gasteiger partial charge in [0.05, 0.1) is 11.6 Å². The minimum atomic E-state index is -0.813. The monoisotopic (exact) mass is 393 g/mol. The fraction of sp³-hybridized carbons (Fsp3) is 0.391. The summed E-state index contributed by atoms with van der Waals surface area (Å²) in [7, 11) is 0. The summed E-state index contributed by atoms with van der Waals surface area (Å²) in [5.74, 6) is -0.0828. The summed E-state index contributed by atoms with van der Waals surface area (Å²) in [5.41, 5.74) is -0.527. The quantitative estimate of drug-likeness (QED) is 0.751. The van der Waals surface area contributed by atoms with Gasteiger partial charge in [-0.05, 0) is 45.4 Å². The highest BCUT2D eigenvalue weighted by atomic mass is 16.6. The lowest BCUT2D eigenvalue weighted by molar-refractivity contribution is -0.110. The fourth-order valence-electron chi connectivity index (χ4n) is 4.86. The van der Waals surface area contributed by atoms with E-state index in [0.29, 0.717) is 6.42 Å². The molecule has 1 saturated carbocycles. The molecule has 1 aromatic heterocycles. The van der Waals surface area contributed by atoms with E-state index in [4.69, 9.17) is 9.47 Å². The van der Waals surface area contributed by atoms with Crippen LogP contribution in [0.15, 0.2) is 54.8 Å². The van der Waals surface area contributed by atoms with Gasteiger partial charge < -0.3 is 14.6 Å². The Morgan fingerprint density at radius 3 is 2.59 bits per heavy atom. The summed E-state index contributed by atoms with van der Waals surface area (Å²) in [6.07, 6.45) is 7.46. The second-order valence-corrected chi connectivity index (χ2v) is 9.07. The van der Waals surface area contributed by atoms with Gasteiger partial charge in [-0.15, -0.1) is 0 Å². The number of epoxide rings is 1. The number of para-hydroxylation sites is 1. The van der Waals surface area contributed by atoms with Crippen molar-refractivity contribution in [2.24, 2.45) is 5.41 Å². The summed E-state index contributed by atoms with van der Waals surface area (Å²) in [5, 5.41) is 11.5. The molecule has 1 N–H and O–H groups in total. The molecule has 5 rings (SSSR count). The smallest absolute Gasteiger partial charge is 0.419 e. The predicted molar refractivity (Wildman–Crippen MR) is 106 cm³/mol. The van der Waals surface area contributed by atoms with Gasteiger partial charge in [-0.25, -0.2) is 4.79 Å². The number of fused-ring (bicyclic) bond motifs is 3. The zero-order valence-corrected chi connectivity index (χ0v) is 16.6. The number of aliphatic hydroxyl groups is 1. The maximum atomic E-state index is 12.9. The Balaban J connectivity index is 1.68. The van der Waals surface area contributed by atoms with Crippen LogP contribution < -0.4 is 0 Å². The number of aromatic nitrogens is 1. The number of benzene rings is 1. The first-order valence-electron chi connectivity index (χ1n) is 9.79. The maximum absolute atomic E-state index is 12.9. The average molecular weight is 393 g/mol. The standard InChI is InChI=1S/C23H23NO5/c1-21(2,3)29-20(27)24-13-16(15-6-4-5-7-17(15)24)23-19(28-23)18(26)12-22(23)10-8-14(25)9-11-22/h4-11,13,18-19,26H,12H2,1-3H3. The Hall–Kier alpha value is -2.70. The number of carbonyl (C=O) groups excluding carboxylic acids is 2. The molecule has 2 heterocycles. The molecule has 3 atom stereocenters. The van der Waals surface area contributed by atoms with Gasteiger partial charge in [0.2, 0.25) is 0 Å². The van der Waals surface area contributed by atoms with Crippen molar-refractivity contribution in [3.05, 3.63) is 60.3 Å². The van der Waals surface area contributed by atoms with E-state index in [2.05, 4.69) is 0 Å². The third-order valence-corrected chi connectivity index (χ3v) is 6.04. The molecule has 1 saturated heterocycles. The van der Waals surface area contributed by atoms with Crippen LogP contribution in [0.25, 0.3) is 10.9 Å². The molecule has 29 heavy (non-hydrogen) atoms. The number of rotatable bonds is 1. The van der Waals surface area contributed by atoms with E-state index in [9.17, 15) is 14.7 Å². The summed E-state index contributed by atoms with van der Waals surface area (Å²) in [4.78, 5) is 24.6. The zero-order valence-electron chi connectivity index (χ0n) is 16.6. The number of ketones is 1. The van der Waals surface area contributed by atoms with Crippen molar-refractivity contribution in [2.75, 3.05) is 0 Å². The Bertz CT molecular complexity index is 1090. The third-order valence-electron chi connectivity index (χ3n) is 6.04. The minimum Gasteiger partial charge on any atom is -0.443 e. The van der Waals surface area contributed by atoms with Gasteiger partial charge in [0, 0.05) is 22.6 Å². The lowest BCUT2D eigenvalue weighted by atomic mass is 9.71. The van der Waals surface area contributed by atoms with Crippen molar-refractivity contribution >= 4 is 22.8 Å². The molecule has 0 radical (unpaired) electrons. The van der Waals surface area contributed by atoms with Crippen molar-refractivity contribution in [1.82, 2.24) is 4.57 Å². The highest BCUT2D eigenvalue weighted by molar-refractivity contribution is 6.01. The molecule has 3 aliphatic rings. The Morgan fingerprint density at radius 2 is 1.93 bits per heavy atom. The molecule has 6 heteroatoms. The SMILES string of the molecule is CC(C)(C)OC(=O)n1cc(C23OC2C(O)CC32C=CC(=O)C=C2)c2ccccc21. The lowest BCUT2D eigenvalue weighted by Gasteiger charge is -2.32. The van der Waals surface area contributed by atoms with Gasteiger partial charge in [-0.3, -0.25) is 9.36 Å². The first-order chi connectivity index (χ1) is 13.7. The van der Waals surface area contributed by atoms with Gasteiger partial charge in [0.15, 0.2) is 5.78 Å². The number of ether oxygens (including phenoxy) is 2. The summed E-state index contributed by atoms with van der Waals surface area (Å²) < 4.78 is 13.2. The van der Waals surface area contributed by atoms with Crippen LogP contribution >= 0.6 is 0 Å². The number of carbonyl (C=O) groups is 2. The largest absolute Gasteiger partial charge is 0.443 e. The zero-order chi connectivity index (χ0) is 20.6. The fourth-order valence-corrected chi connectivity index (χ4v) is 4.86. The summed E-state index contributed by atoms with van der Waals surface area (Å²) in [6.45, 7) is 5.48. The van der Waals surface area contributed by atoms with Crippen LogP contribution in [-0.4, -0.2) is 39.4 Å². The summed E-state index contributed by atoms with van der Waals surface area (Å²) in [6, 6.07) is 7.59. The first kappa shape index (κ1) is 18.3. The van der Waals surface area contributed by atoms with Crippen LogP contribution in [-0.2, 0) is 19.9 Å². The van der Waals surface area contributed by atoms with Gasteiger partial charge in [0.25, 0.3) is 0 Å². The molecule has 0 amide bonds. The molecule has 1 aromatic carbocycles. The Labute approximate surface area is 168 Å². The molecule has 1 spiro atoms. The van der Waals surface area contributed by atoms with Crippen LogP contribution in [0.5, 0.6) is 0 Å². The molecule has 2 aromatic rings. The van der Waals surface area contributed by atoms with Gasteiger partial charge in [-0.2, -0.15) is 0 Å². The van der Waals surface area contributed by atoms with Crippen molar-refractivity contribution in [2.45, 2.75) is 50.6 Å². The maximum Gasteiger partial charge on any atom is 0.419 e. The average Bonchev–Trinajstić information content (AvgIpc) is 3.23. The number of hydrogen-bond donors (Lipinski definition) is 1. The van der Waals surface area contributed by atoms with Crippen molar-refractivity contribution in [3.8, 4) is 0 Å². The number of nitrogens with zero attached hydrogens (tertiary/aromatic N) is 1. The molecule has 0 bridgehead atoms. The van der Waals surface area contributed by atoms with Crippen LogP contribution in [0.4, 0.5) is 4.79 Å². The van der Waals surface area contributed by atoms with E-state index in [-0.39, 0.29) is 11.9 Å². The normalized spacial score (nSPS) is 29.4. The second kappa shape index (κ2) is 5.68. The molecule has 1 aliphatic heterocycles. The molecule has 6 nitrogen and oxygen atoms in total. The Kier molecular flexibility index (Phi) is 3.59. The predicted octanol–water partition coefficient (Wildman–Crippen LogP) is 3.46. The van der Waals surface area contributed by atoms with Crippen molar-refractivity contribution < 1.29 is 24.2 Å². The van der Waals surface area contributed by atoms with Crippen LogP contribution in [0.2, 0.25) is 0 Å². The molecular weight excluding hydrogens is 370 g/mol. The molecule has 3 unspecified atom stereocenters. The molecule has 150 valence electrons. The van der Waals surface area contributed by atoms with Crippen LogP contribution in [0, 0.1) is 5.41 Å². The molecular formula is C23H23NO5. The van der Waals surface area contributed by atoms with E-state index in [1.807, 2.05) is 57.2 Å². The number of aliphatic hydroxyl groups excluding tert-OH is 1. The van der Waals surface area contributed by atoms with Crippen molar-refractivity contribution in [1.29, 1.82) is 0 Å². The lowest BCUT2D eigenvalue weighted by Crippen LogP contribution is -2.32. The number of hydrogen-bond acceptors (Lipinski definition) is 5. The van der Waals surface area contributed by atoms with Gasteiger partial charge in [-0.1, -0.05) is 30.4 Å². The Morgan fingerprint density at radius 1 is 1.24 bits per heavy atom. The highest BCUT2D eigenvalue weighted by Gasteiger charge is 2.76. The van der Waals surface area contributed by atoms with Crippen LogP contribution in [0.1, 0.15) is 32.8 Å². The third kappa shape index (κ3) is 2.49. The van der Waals surface area contributed by atoms with Gasteiger partial charge >= 0.3 is 6.09 Å². The van der Waals surface area contributed by atoms with Crippen LogP contribution in [0.3, 0.4) is 0 Å². The molecule has 2 fully saturated rings. The first-order valence-corrected chi connectivity index (χ1v) is 9.79. The van der Waals surface area contributed by atoms with E-state index < -0.39 is 28.8 Å². The van der Waals surface area contributed by atoms with E-state index in [1.54, 1.807) is 6.20 Å². The van der Waals surface area contributed by atoms with Gasteiger partial charge in [0.1, 0.15) is 17.3 Å². The number of allylic oxidation sites excluding steroid dienone is 2. The molecule has 2 aliphatic carbocycles. The second-order valence-electron chi connectivity index (χ2n) is 9.07. The summed E-state index contributed by atoms with van der Waals surface area (Å²) >= 11 is 0. The topological polar surface area (TPSA) is 81.1 Å². The van der Waals surface area contributed by atoms with E-state index >= 15 is 0 Å². The van der Waals surface area contributed by atoms with E-state index in [0.717, 1.165) is 16.5 Å².